The van der Waals surface area contributed by atoms with E-state index in [1.54, 1.807) is 38.3 Å². The van der Waals surface area contributed by atoms with Gasteiger partial charge < -0.3 is 20.1 Å². The molecule has 2 aromatic carbocycles. The van der Waals surface area contributed by atoms with Crippen molar-refractivity contribution in [2.45, 2.75) is 31.7 Å². The van der Waals surface area contributed by atoms with Crippen LogP contribution in [0.5, 0.6) is 5.75 Å². The minimum Gasteiger partial charge on any atom is -0.497 e. The van der Waals surface area contributed by atoms with Crippen LogP contribution in [0.2, 0.25) is 0 Å². The molecule has 0 saturated heterocycles. The number of carboxylic acid groups (broad SMARTS) is 1. The number of rotatable bonds is 8. The highest BCUT2D eigenvalue weighted by atomic mass is 16.5. The lowest BCUT2D eigenvalue weighted by atomic mass is 9.88. The number of H-pyrrole nitrogens is 1. The second-order valence-electron chi connectivity index (χ2n) is 7.04. The lowest BCUT2D eigenvalue weighted by molar-refractivity contribution is -0.139. The summed E-state index contributed by atoms with van der Waals surface area (Å²) in [6.07, 6.45) is 2.52. The number of aryl methyl sites for hydroxylation is 1. The summed E-state index contributed by atoms with van der Waals surface area (Å²) in [6, 6.07) is 15.0. The van der Waals surface area contributed by atoms with Crippen LogP contribution < -0.4 is 10.1 Å². The first-order valence-electron chi connectivity index (χ1n) is 9.13. The van der Waals surface area contributed by atoms with Gasteiger partial charge in [-0.05, 0) is 42.7 Å². The van der Waals surface area contributed by atoms with Crippen molar-refractivity contribution in [3.05, 3.63) is 65.9 Å². The second-order valence-corrected chi connectivity index (χ2v) is 7.04. The van der Waals surface area contributed by atoms with Crippen molar-refractivity contribution in [2.75, 3.05) is 7.11 Å². The lowest BCUT2D eigenvalue weighted by Gasteiger charge is -2.30. The fraction of sp³-hybridized carbons (Fsp3) is 0.273. The summed E-state index contributed by atoms with van der Waals surface area (Å²) < 4.78 is 5.23. The first-order valence-corrected chi connectivity index (χ1v) is 9.13. The highest BCUT2D eigenvalue weighted by molar-refractivity contribution is 5.84. The Morgan fingerprint density at radius 1 is 1.18 bits per heavy atom. The number of para-hydroxylation sites is 1. The maximum atomic E-state index is 12.7. The molecule has 1 amide bonds. The van der Waals surface area contributed by atoms with Crippen molar-refractivity contribution in [2.24, 2.45) is 0 Å². The highest BCUT2D eigenvalue weighted by Gasteiger charge is 2.31. The molecule has 0 bridgehead atoms. The largest absolute Gasteiger partial charge is 0.497 e. The normalized spacial score (nSPS) is 13.1. The molecule has 0 aliphatic rings. The van der Waals surface area contributed by atoms with Gasteiger partial charge >= 0.3 is 5.97 Å². The van der Waals surface area contributed by atoms with Gasteiger partial charge in [-0.2, -0.15) is 0 Å². The van der Waals surface area contributed by atoms with Crippen molar-refractivity contribution in [3.63, 3.8) is 0 Å². The number of aromatic amines is 1. The van der Waals surface area contributed by atoms with Crippen LogP contribution in [-0.2, 0) is 21.5 Å². The van der Waals surface area contributed by atoms with Gasteiger partial charge in [0, 0.05) is 23.5 Å². The Labute approximate surface area is 163 Å². The van der Waals surface area contributed by atoms with Crippen LogP contribution in [0.15, 0.2) is 54.7 Å². The zero-order valence-corrected chi connectivity index (χ0v) is 16.0. The summed E-state index contributed by atoms with van der Waals surface area (Å²) >= 11 is 0. The first-order chi connectivity index (χ1) is 13.4. The van der Waals surface area contributed by atoms with Crippen LogP contribution >= 0.6 is 0 Å². The Bertz CT molecular complexity index is 995. The number of fused-ring (bicyclic) bond motifs is 1. The van der Waals surface area contributed by atoms with Gasteiger partial charge in [-0.15, -0.1) is 0 Å². The van der Waals surface area contributed by atoms with Crippen molar-refractivity contribution in [1.82, 2.24) is 10.3 Å². The number of hydrogen-bond acceptors (Lipinski definition) is 3. The number of carboxylic acids is 1. The average Bonchev–Trinajstić information content (AvgIpc) is 3.09. The maximum Gasteiger partial charge on any atom is 0.306 e. The summed E-state index contributed by atoms with van der Waals surface area (Å²) in [6.45, 7) is 1.72. The van der Waals surface area contributed by atoms with Crippen LogP contribution in [0.1, 0.15) is 30.9 Å². The quantitative estimate of drug-likeness (QED) is 0.557. The van der Waals surface area contributed by atoms with E-state index in [0.717, 1.165) is 16.5 Å². The Balaban J connectivity index is 1.74. The van der Waals surface area contributed by atoms with Crippen molar-refractivity contribution >= 4 is 22.8 Å². The van der Waals surface area contributed by atoms with E-state index in [1.165, 1.54) is 0 Å². The maximum absolute atomic E-state index is 12.7. The molecule has 0 saturated carbocycles. The number of carbonyl (C=O) groups excluding carboxylic acids is 1. The van der Waals surface area contributed by atoms with Crippen LogP contribution in [0.4, 0.5) is 0 Å². The van der Waals surface area contributed by atoms with Gasteiger partial charge in [0.05, 0.1) is 19.1 Å². The zero-order valence-electron chi connectivity index (χ0n) is 16.0. The molecule has 3 N–H and O–H groups in total. The number of methoxy groups -OCH3 is 1. The molecule has 0 spiro atoms. The number of aliphatic carboxylic acids is 1. The molecule has 1 aromatic heterocycles. The average molecular weight is 380 g/mol. The predicted molar refractivity (Wildman–Crippen MR) is 107 cm³/mol. The Morgan fingerprint density at radius 3 is 2.71 bits per heavy atom. The molecular weight excluding hydrogens is 356 g/mol. The molecule has 146 valence electrons. The third-order valence-corrected chi connectivity index (χ3v) is 4.92. The molecule has 1 atom stereocenters. The van der Waals surface area contributed by atoms with E-state index in [0.29, 0.717) is 17.7 Å². The van der Waals surface area contributed by atoms with Crippen LogP contribution in [-0.4, -0.2) is 29.1 Å². The number of carbonyl (C=O) groups is 2. The molecule has 0 aliphatic heterocycles. The number of amides is 1. The molecule has 28 heavy (non-hydrogen) atoms. The van der Waals surface area contributed by atoms with Crippen molar-refractivity contribution in [1.29, 1.82) is 0 Å². The summed E-state index contributed by atoms with van der Waals surface area (Å²) in [7, 11) is 1.55. The lowest BCUT2D eigenvalue weighted by Crippen LogP contribution is -2.45. The van der Waals surface area contributed by atoms with E-state index in [-0.39, 0.29) is 18.7 Å². The van der Waals surface area contributed by atoms with Crippen molar-refractivity contribution < 1.29 is 19.4 Å². The van der Waals surface area contributed by atoms with E-state index >= 15 is 0 Å². The van der Waals surface area contributed by atoms with Gasteiger partial charge in [0.15, 0.2) is 0 Å². The molecule has 6 heteroatoms. The predicted octanol–water partition coefficient (Wildman–Crippen LogP) is 3.62. The number of aromatic nitrogens is 1. The summed E-state index contributed by atoms with van der Waals surface area (Å²) in [5.74, 6) is -0.568. The molecule has 1 unspecified atom stereocenters. The van der Waals surface area contributed by atoms with Crippen LogP contribution in [0, 0.1) is 0 Å². The summed E-state index contributed by atoms with van der Waals surface area (Å²) in [5.41, 5.74) is 1.75. The first kappa shape index (κ1) is 19.5. The Hall–Kier alpha value is -3.28. The van der Waals surface area contributed by atoms with Crippen molar-refractivity contribution in [3.8, 4) is 5.75 Å². The Kier molecular flexibility index (Phi) is 5.68. The molecule has 3 aromatic rings. The van der Waals surface area contributed by atoms with E-state index < -0.39 is 11.5 Å². The molecule has 1 heterocycles. The molecule has 0 aliphatic carbocycles. The van der Waals surface area contributed by atoms with Gasteiger partial charge in [0.25, 0.3) is 0 Å². The van der Waals surface area contributed by atoms with Crippen LogP contribution in [0.3, 0.4) is 0 Å². The number of nitrogens with one attached hydrogen (secondary N) is 2. The van der Waals surface area contributed by atoms with E-state index in [2.05, 4.69) is 10.3 Å². The standard InChI is InChI=1S/C22H24N2O4/c1-22(13-21(26)27,16-6-5-7-17(12-16)28-2)24-20(25)11-10-15-14-23-19-9-4-3-8-18(15)19/h3-9,12,14,23H,10-11,13H2,1-2H3,(H,24,25)(H,26,27). The molecular formula is C22H24N2O4. The fourth-order valence-corrected chi connectivity index (χ4v) is 3.44. The smallest absolute Gasteiger partial charge is 0.306 e. The van der Waals surface area contributed by atoms with E-state index in [9.17, 15) is 14.7 Å². The summed E-state index contributed by atoms with van der Waals surface area (Å²) in [4.78, 5) is 27.3. The van der Waals surface area contributed by atoms with Gasteiger partial charge in [-0.1, -0.05) is 30.3 Å². The third kappa shape index (κ3) is 4.34. The SMILES string of the molecule is COc1cccc(C(C)(CC(=O)O)NC(=O)CCc2c[nH]c3ccccc23)c1. The number of ether oxygens (including phenoxy) is 1. The highest BCUT2D eigenvalue weighted by Crippen LogP contribution is 2.28. The summed E-state index contributed by atoms with van der Waals surface area (Å²) in [5, 5.41) is 13.4. The second kappa shape index (κ2) is 8.17. The third-order valence-electron chi connectivity index (χ3n) is 4.92. The minimum atomic E-state index is -1.03. The topological polar surface area (TPSA) is 91.4 Å². The Morgan fingerprint density at radius 2 is 1.96 bits per heavy atom. The fourth-order valence-electron chi connectivity index (χ4n) is 3.44. The number of benzene rings is 2. The van der Waals surface area contributed by atoms with Gasteiger partial charge in [0.2, 0.25) is 5.91 Å². The molecule has 6 nitrogen and oxygen atoms in total. The minimum absolute atomic E-state index is 0.197. The molecule has 0 radical (unpaired) electrons. The monoisotopic (exact) mass is 380 g/mol. The van der Waals surface area contributed by atoms with Gasteiger partial charge in [-0.25, -0.2) is 0 Å². The van der Waals surface area contributed by atoms with Crippen LogP contribution in [0.25, 0.3) is 10.9 Å². The number of hydrogen-bond donors (Lipinski definition) is 3. The van der Waals surface area contributed by atoms with E-state index in [4.69, 9.17) is 4.74 Å². The molecule has 3 rings (SSSR count). The van der Waals surface area contributed by atoms with Gasteiger partial charge in [0.1, 0.15) is 5.75 Å². The molecule has 0 fully saturated rings. The van der Waals surface area contributed by atoms with E-state index in [1.807, 2.05) is 30.5 Å². The zero-order chi connectivity index (χ0) is 20.1. The van der Waals surface area contributed by atoms with Gasteiger partial charge in [-0.3, -0.25) is 9.59 Å².